The van der Waals surface area contributed by atoms with Gasteiger partial charge in [0.05, 0.1) is 17.7 Å². The van der Waals surface area contributed by atoms with Gasteiger partial charge in [-0.15, -0.1) is 0 Å². The molecule has 5 heteroatoms. The van der Waals surface area contributed by atoms with Gasteiger partial charge in [-0.25, -0.2) is 4.98 Å². The van der Waals surface area contributed by atoms with Crippen molar-refractivity contribution in [2.75, 3.05) is 19.8 Å². The summed E-state index contributed by atoms with van der Waals surface area (Å²) >= 11 is 3.53. The van der Waals surface area contributed by atoms with Crippen molar-refractivity contribution in [3.05, 3.63) is 52.6 Å². The number of aromatic nitrogens is 1. The Morgan fingerprint density at radius 1 is 1.18 bits per heavy atom. The summed E-state index contributed by atoms with van der Waals surface area (Å²) in [6, 6.07) is 11.8. The van der Waals surface area contributed by atoms with Gasteiger partial charge < -0.3 is 14.8 Å². The maximum Gasteiger partial charge on any atom is 0.213 e. The molecule has 0 atom stereocenters. The van der Waals surface area contributed by atoms with E-state index in [0.717, 1.165) is 29.7 Å². The normalized spacial score (nSPS) is 10.5. The quantitative estimate of drug-likeness (QED) is 0.687. The smallest absolute Gasteiger partial charge is 0.213 e. The van der Waals surface area contributed by atoms with Crippen molar-refractivity contribution in [1.82, 2.24) is 10.3 Å². The van der Waals surface area contributed by atoms with Crippen molar-refractivity contribution in [1.29, 1.82) is 0 Å². The Bertz CT molecular complexity index is 564. The number of ether oxygens (including phenoxy) is 2. The second kappa shape index (κ2) is 9.43. The average Bonchev–Trinajstić information content (AvgIpc) is 2.54. The number of nitrogens with one attached hydrogen (secondary N) is 1. The van der Waals surface area contributed by atoms with Gasteiger partial charge in [-0.2, -0.15) is 0 Å². The molecule has 1 aromatic heterocycles. The van der Waals surface area contributed by atoms with Crippen molar-refractivity contribution in [3.8, 4) is 11.6 Å². The van der Waals surface area contributed by atoms with Gasteiger partial charge >= 0.3 is 0 Å². The third kappa shape index (κ3) is 5.66. The first-order chi connectivity index (χ1) is 10.8. The van der Waals surface area contributed by atoms with Crippen LogP contribution >= 0.6 is 15.9 Å². The fourth-order valence-electron chi connectivity index (χ4n) is 1.97. The molecule has 0 unspecified atom stereocenters. The van der Waals surface area contributed by atoms with Crippen LogP contribution in [-0.2, 0) is 6.54 Å². The fourth-order valence-corrected chi connectivity index (χ4v) is 2.51. The van der Waals surface area contributed by atoms with Gasteiger partial charge in [-0.05, 0) is 59.6 Å². The summed E-state index contributed by atoms with van der Waals surface area (Å²) in [4.78, 5) is 4.12. The molecular weight excluding hydrogens is 344 g/mol. The Hall–Kier alpha value is -1.59. The summed E-state index contributed by atoms with van der Waals surface area (Å²) in [6.07, 6.45) is 2.67. The first-order valence-corrected chi connectivity index (χ1v) is 8.24. The van der Waals surface area contributed by atoms with Crippen LogP contribution in [0.1, 0.15) is 18.9 Å². The summed E-state index contributed by atoms with van der Waals surface area (Å²) in [5, 5.41) is 3.40. The highest BCUT2D eigenvalue weighted by atomic mass is 79.9. The van der Waals surface area contributed by atoms with Crippen molar-refractivity contribution in [2.24, 2.45) is 0 Å². The molecule has 0 saturated heterocycles. The maximum absolute atomic E-state index is 5.54. The Morgan fingerprint density at radius 2 is 2.09 bits per heavy atom. The van der Waals surface area contributed by atoms with Crippen LogP contribution in [0.15, 0.2) is 47.1 Å². The zero-order valence-corrected chi connectivity index (χ0v) is 14.3. The molecular formula is C17H21BrN2O2. The molecule has 0 amide bonds. The van der Waals surface area contributed by atoms with E-state index in [1.54, 1.807) is 6.20 Å². The van der Waals surface area contributed by atoms with Crippen molar-refractivity contribution >= 4 is 15.9 Å². The fraction of sp³-hybridized carbons (Fsp3) is 0.353. The van der Waals surface area contributed by atoms with Crippen LogP contribution in [-0.4, -0.2) is 24.7 Å². The SMILES string of the molecule is CCOc1ccc(CNCCCOc2ccccn2)cc1Br. The molecule has 0 aliphatic rings. The van der Waals surface area contributed by atoms with Crippen LogP contribution in [0.25, 0.3) is 0 Å². The first-order valence-electron chi connectivity index (χ1n) is 7.45. The van der Waals surface area contributed by atoms with E-state index in [1.165, 1.54) is 5.56 Å². The third-order valence-electron chi connectivity index (χ3n) is 3.01. The summed E-state index contributed by atoms with van der Waals surface area (Å²) < 4.78 is 12.0. The summed E-state index contributed by atoms with van der Waals surface area (Å²) in [5.74, 6) is 1.56. The van der Waals surface area contributed by atoms with Gasteiger partial charge in [0, 0.05) is 18.8 Å². The molecule has 1 aromatic carbocycles. The minimum atomic E-state index is 0.664. The van der Waals surface area contributed by atoms with E-state index in [4.69, 9.17) is 9.47 Å². The lowest BCUT2D eigenvalue weighted by molar-refractivity contribution is 0.296. The number of hydrogen-bond acceptors (Lipinski definition) is 4. The van der Waals surface area contributed by atoms with E-state index in [1.807, 2.05) is 31.2 Å². The average molecular weight is 365 g/mol. The monoisotopic (exact) mass is 364 g/mol. The minimum Gasteiger partial charge on any atom is -0.493 e. The van der Waals surface area contributed by atoms with E-state index in [-0.39, 0.29) is 0 Å². The van der Waals surface area contributed by atoms with Gasteiger partial charge in [-0.3, -0.25) is 0 Å². The van der Waals surface area contributed by atoms with Crippen LogP contribution in [0.3, 0.4) is 0 Å². The molecule has 2 aromatic rings. The topological polar surface area (TPSA) is 43.4 Å². The van der Waals surface area contributed by atoms with E-state index >= 15 is 0 Å². The predicted octanol–water partition coefficient (Wildman–Crippen LogP) is 3.80. The Kier molecular flexibility index (Phi) is 7.19. The van der Waals surface area contributed by atoms with Crippen LogP contribution < -0.4 is 14.8 Å². The van der Waals surface area contributed by atoms with Crippen molar-refractivity contribution < 1.29 is 9.47 Å². The summed E-state index contributed by atoms with van der Waals surface area (Å²) in [6.45, 7) is 5.05. The summed E-state index contributed by atoms with van der Waals surface area (Å²) in [5.41, 5.74) is 1.22. The van der Waals surface area contributed by atoms with E-state index in [2.05, 4.69) is 38.4 Å². The number of pyridine rings is 1. The van der Waals surface area contributed by atoms with E-state index in [0.29, 0.717) is 19.1 Å². The van der Waals surface area contributed by atoms with E-state index in [9.17, 15) is 0 Å². The lowest BCUT2D eigenvalue weighted by Gasteiger charge is -2.09. The molecule has 0 radical (unpaired) electrons. The zero-order chi connectivity index (χ0) is 15.6. The van der Waals surface area contributed by atoms with Gasteiger partial charge in [0.1, 0.15) is 5.75 Å². The van der Waals surface area contributed by atoms with Gasteiger partial charge in [-0.1, -0.05) is 12.1 Å². The predicted molar refractivity (Wildman–Crippen MR) is 91.4 cm³/mol. The zero-order valence-electron chi connectivity index (χ0n) is 12.7. The minimum absolute atomic E-state index is 0.664. The molecule has 0 aliphatic heterocycles. The lowest BCUT2D eigenvalue weighted by Crippen LogP contribution is -2.17. The molecule has 0 bridgehead atoms. The first kappa shape index (κ1) is 16.8. The number of rotatable bonds is 9. The standard InChI is InChI=1S/C17H21BrN2O2/c1-2-21-16-8-7-14(12-15(16)18)13-19-9-5-11-22-17-6-3-4-10-20-17/h3-4,6-8,10,12,19H,2,5,9,11,13H2,1H3. The number of nitrogens with zero attached hydrogens (tertiary/aromatic N) is 1. The molecule has 1 heterocycles. The van der Waals surface area contributed by atoms with Crippen LogP contribution in [0.4, 0.5) is 0 Å². The maximum atomic E-state index is 5.54. The largest absolute Gasteiger partial charge is 0.493 e. The van der Waals surface area contributed by atoms with E-state index < -0.39 is 0 Å². The molecule has 0 saturated carbocycles. The molecule has 2 rings (SSSR count). The number of halogens is 1. The second-order valence-corrected chi connectivity index (χ2v) is 5.60. The van der Waals surface area contributed by atoms with Crippen LogP contribution in [0.2, 0.25) is 0 Å². The molecule has 0 spiro atoms. The second-order valence-electron chi connectivity index (χ2n) is 4.74. The van der Waals surface area contributed by atoms with Crippen LogP contribution in [0, 0.1) is 0 Å². The lowest BCUT2D eigenvalue weighted by atomic mass is 10.2. The van der Waals surface area contributed by atoms with Crippen molar-refractivity contribution in [3.63, 3.8) is 0 Å². The van der Waals surface area contributed by atoms with Crippen molar-refractivity contribution in [2.45, 2.75) is 19.9 Å². The highest BCUT2D eigenvalue weighted by molar-refractivity contribution is 9.10. The number of hydrogen-bond donors (Lipinski definition) is 1. The highest BCUT2D eigenvalue weighted by Gasteiger charge is 2.02. The van der Waals surface area contributed by atoms with Gasteiger partial charge in [0.2, 0.25) is 5.88 Å². The summed E-state index contributed by atoms with van der Waals surface area (Å²) in [7, 11) is 0. The molecule has 22 heavy (non-hydrogen) atoms. The highest BCUT2D eigenvalue weighted by Crippen LogP contribution is 2.25. The van der Waals surface area contributed by atoms with Gasteiger partial charge in [0.15, 0.2) is 0 Å². The molecule has 0 aliphatic carbocycles. The molecule has 4 nitrogen and oxygen atoms in total. The van der Waals surface area contributed by atoms with Gasteiger partial charge in [0.25, 0.3) is 0 Å². The van der Waals surface area contributed by atoms with Crippen LogP contribution in [0.5, 0.6) is 11.6 Å². The Morgan fingerprint density at radius 3 is 2.82 bits per heavy atom. The Balaban J connectivity index is 1.63. The number of benzene rings is 1. The molecule has 1 N–H and O–H groups in total. The Labute approximate surface area is 140 Å². The molecule has 118 valence electrons. The molecule has 0 fully saturated rings. The third-order valence-corrected chi connectivity index (χ3v) is 3.63.